The maximum absolute atomic E-state index is 10.2. The minimum Gasteiger partial charge on any atom is -0.388 e. The fourth-order valence-electron chi connectivity index (χ4n) is 2.63. The number of aliphatic hydroxyl groups is 5. The maximum Gasteiger partial charge on any atom is 0.209 e. The second-order valence-electron chi connectivity index (χ2n) is 5.56. The summed E-state index contributed by atoms with van der Waals surface area (Å²) in [6, 6.07) is 0. The van der Waals surface area contributed by atoms with Crippen molar-refractivity contribution < 1.29 is 39.7 Å². The normalized spacial score (nSPS) is 51.1. The van der Waals surface area contributed by atoms with Crippen molar-refractivity contribution in [3.63, 3.8) is 0 Å². The van der Waals surface area contributed by atoms with E-state index in [-0.39, 0.29) is 17.3 Å². The lowest BCUT2D eigenvalue weighted by atomic mass is 9.99. The SMILES string of the molecule is OC1[C@@H](OC2(CS)O[C@H](CS)[C@@H](O)[C@@H]2O)OC(CS)[C@@H](O)[C@@H]1O. The highest BCUT2D eigenvalue weighted by Crippen LogP contribution is 2.37. The van der Waals surface area contributed by atoms with Crippen molar-refractivity contribution in [3.8, 4) is 0 Å². The molecular formula is C12H22O8S3. The first-order valence-electron chi connectivity index (χ1n) is 7.05. The Morgan fingerprint density at radius 2 is 1.43 bits per heavy atom. The summed E-state index contributed by atoms with van der Waals surface area (Å²) in [4.78, 5) is 0. The third kappa shape index (κ3) is 3.65. The van der Waals surface area contributed by atoms with Gasteiger partial charge in [-0.3, -0.25) is 0 Å². The van der Waals surface area contributed by atoms with Gasteiger partial charge in [0, 0.05) is 17.3 Å². The van der Waals surface area contributed by atoms with E-state index in [4.69, 9.17) is 14.2 Å². The molecule has 0 aromatic rings. The standard InChI is InChI=1S/C12H22O8S3/c13-6-4(1-21)18-11(9(16)8(6)15)20-12(3-23)10(17)7(14)5(2-22)19-12/h4-11,13-17,21-23H,1-3H2/t4?,5-,6-,7-,8+,9?,10+,11-,12?/m1/s1. The molecule has 11 heteroatoms. The Balaban J connectivity index is 2.18. The van der Waals surface area contributed by atoms with Gasteiger partial charge in [0.25, 0.3) is 0 Å². The Hall–Kier alpha value is 0.730. The van der Waals surface area contributed by atoms with E-state index in [0.717, 1.165) is 0 Å². The molecule has 3 unspecified atom stereocenters. The summed E-state index contributed by atoms with van der Waals surface area (Å²) < 4.78 is 16.5. The van der Waals surface area contributed by atoms with Crippen molar-refractivity contribution in [2.45, 2.75) is 54.8 Å². The molecule has 0 aliphatic carbocycles. The van der Waals surface area contributed by atoms with Crippen molar-refractivity contribution in [1.82, 2.24) is 0 Å². The van der Waals surface area contributed by atoms with Gasteiger partial charge in [-0.2, -0.15) is 37.9 Å². The van der Waals surface area contributed by atoms with E-state index in [1.807, 2.05) is 0 Å². The summed E-state index contributed by atoms with van der Waals surface area (Å²) >= 11 is 12.1. The minimum atomic E-state index is -1.75. The number of hydrogen-bond donors (Lipinski definition) is 8. The predicted octanol–water partition coefficient (Wildman–Crippen LogP) is -2.58. The van der Waals surface area contributed by atoms with Crippen molar-refractivity contribution in [2.24, 2.45) is 0 Å². The van der Waals surface area contributed by atoms with Gasteiger partial charge in [0.05, 0.1) is 12.2 Å². The van der Waals surface area contributed by atoms with Crippen molar-refractivity contribution in [2.75, 3.05) is 17.3 Å². The number of hydrogen-bond acceptors (Lipinski definition) is 11. The zero-order valence-electron chi connectivity index (χ0n) is 12.0. The molecule has 136 valence electrons. The van der Waals surface area contributed by atoms with E-state index in [2.05, 4.69) is 37.9 Å². The van der Waals surface area contributed by atoms with E-state index in [1.54, 1.807) is 0 Å². The number of rotatable bonds is 5. The zero-order chi connectivity index (χ0) is 17.4. The second-order valence-corrected chi connectivity index (χ2v) is 6.61. The van der Waals surface area contributed by atoms with Crippen LogP contribution in [0.3, 0.4) is 0 Å². The van der Waals surface area contributed by atoms with Crippen molar-refractivity contribution in [3.05, 3.63) is 0 Å². The summed E-state index contributed by atoms with van der Waals surface area (Å²) in [5, 5.41) is 49.9. The molecule has 9 atom stereocenters. The molecule has 0 aromatic carbocycles. The average Bonchev–Trinajstić information content (AvgIpc) is 2.80. The molecule has 23 heavy (non-hydrogen) atoms. The molecule has 2 fully saturated rings. The quantitative estimate of drug-likeness (QED) is 0.240. The summed E-state index contributed by atoms with van der Waals surface area (Å²) in [6.45, 7) is 0. The Labute approximate surface area is 150 Å². The molecule has 2 saturated heterocycles. The molecule has 8 nitrogen and oxygen atoms in total. The van der Waals surface area contributed by atoms with Gasteiger partial charge in [-0.1, -0.05) is 0 Å². The topological polar surface area (TPSA) is 129 Å². The van der Waals surface area contributed by atoms with Gasteiger partial charge in [0.15, 0.2) is 6.29 Å². The van der Waals surface area contributed by atoms with Gasteiger partial charge in [-0.25, -0.2) is 0 Å². The molecule has 2 aliphatic heterocycles. The van der Waals surface area contributed by atoms with E-state index in [1.165, 1.54) is 0 Å². The van der Waals surface area contributed by atoms with E-state index in [9.17, 15) is 25.5 Å². The largest absolute Gasteiger partial charge is 0.388 e. The molecule has 0 radical (unpaired) electrons. The molecule has 0 saturated carbocycles. The van der Waals surface area contributed by atoms with Gasteiger partial charge < -0.3 is 39.7 Å². The number of thiol groups is 3. The van der Waals surface area contributed by atoms with Crippen LogP contribution in [0, 0.1) is 0 Å². The molecule has 0 spiro atoms. The highest BCUT2D eigenvalue weighted by atomic mass is 32.1. The Kier molecular flexibility index (Phi) is 6.93. The molecule has 5 N–H and O–H groups in total. The first kappa shape index (κ1) is 20.0. The Morgan fingerprint density at radius 1 is 0.826 bits per heavy atom. The Morgan fingerprint density at radius 3 is 1.91 bits per heavy atom. The number of aliphatic hydroxyl groups excluding tert-OH is 5. The van der Waals surface area contributed by atoms with Crippen molar-refractivity contribution >= 4 is 37.9 Å². The lowest BCUT2D eigenvalue weighted by Gasteiger charge is -2.43. The third-order valence-corrected chi connectivity index (χ3v) is 5.23. The second kappa shape index (κ2) is 7.96. The minimum absolute atomic E-state index is 0.0734. The van der Waals surface area contributed by atoms with Gasteiger partial charge >= 0.3 is 0 Å². The molecule has 0 bridgehead atoms. The van der Waals surface area contributed by atoms with Gasteiger partial charge in [0.2, 0.25) is 5.79 Å². The van der Waals surface area contributed by atoms with E-state index >= 15 is 0 Å². The van der Waals surface area contributed by atoms with Crippen LogP contribution in [0.4, 0.5) is 0 Å². The predicted molar refractivity (Wildman–Crippen MR) is 88.9 cm³/mol. The first-order valence-corrected chi connectivity index (χ1v) is 8.95. The van der Waals surface area contributed by atoms with Crippen LogP contribution < -0.4 is 0 Å². The van der Waals surface area contributed by atoms with E-state index in [0.29, 0.717) is 0 Å². The van der Waals surface area contributed by atoms with Crippen LogP contribution >= 0.6 is 37.9 Å². The van der Waals surface area contributed by atoms with Crippen LogP contribution in [0.1, 0.15) is 0 Å². The maximum atomic E-state index is 10.2. The summed E-state index contributed by atoms with van der Waals surface area (Å²) in [5.74, 6) is -1.69. The fourth-order valence-corrected chi connectivity index (χ4v) is 3.56. The lowest BCUT2D eigenvalue weighted by Crippen LogP contribution is -2.62. The van der Waals surface area contributed by atoms with Crippen LogP contribution in [0.2, 0.25) is 0 Å². The summed E-state index contributed by atoms with van der Waals surface area (Å²) in [7, 11) is 0. The molecular weight excluding hydrogens is 368 g/mol. The molecule has 0 aromatic heterocycles. The third-order valence-electron chi connectivity index (χ3n) is 4.07. The molecule has 2 heterocycles. The van der Waals surface area contributed by atoms with Crippen molar-refractivity contribution in [1.29, 1.82) is 0 Å². The summed E-state index contributed by atoms with van der Waals surface area (Å²) in [5.41, 5.74) is 0. The molecule has 2 aliphatic rings. The highest BCUT2D eigenvalue weighted by molar-refractivity contribution is 7.80. The zero-order valence-corrected chi connectivity index (χ0v) is 14.7. The van der Waals surface area contributed by atoms with Crippen LogP contribution in [0.15, 0.2) is 0 Å². The smallest absolute Gasteiger partial charge is 0.209 e. The highest BCUT2D eigenvalue weighted by Gasteiger charge is 2.57. The lowest BCUT2D eigenvalue weighted by molar-refractivity contribution is -0.366. The molecule has 2 rings (SSSR count). The van der Waals surface area contributed by atoms with Gasteiger partial charge in [-0.05, 0) is 0 Å². The monoisotopic (exact) mass is 390 g/mol. The van der Waals surface area contributed by atoms with Crippen LogP contribution in [-0.2, 0) is 14.2 Å². The Bertz CT molecular complexity index is 403. The van der Waals surface area contributed by atoms with Gasteiger partial charge in [-0.15, -0.1) is 0 Å². The average molecular weight is 391 g/mol. The van der Waals surface area contributed by atoms with Crippen LogP contribution in [0.25, 0.3) is 0 Å². The van der Waals surface area contributed by atoms with E-state index < -0.39 is 54.8 Å². The van der Waals surface area contributed by atoms with Crippen LogP contribution in [0.5, 0.6) is 0 Å². The fraction of sp³-hybridized carbons (Fsp3) is 1.00. The summed E-state index contributed by atoms with van der Waals surface area (Å²) in [6.07, 6.45) is -10.2. The van der Waals surface area contributed by atoms with Crippen LogP contribution in [-0.4, -0.2) is 97.6 Å². The number of ether oxygens (including phenoxy) is 3. The first-order chi connectivity index (χ1) is 10.8. The molecule has 0 amide bonds. The van der Waals surface area contributed by atoms with Gasteiger partial charge in [0.1, 0.15) is 30.5 Å².